The monoisotopic (exact) mass is 156 g/mol. The first-order valence-corrected chi connectivity index (χ1v) is 2.58. The van der Waals surface area contributed by atoms with Crippen LogP contribution >= 0.6 is 0 Å². The van der Waals surface area contributed by atoms with Crippen molar-refractivity contribution in [2.45, 2.75) is 0 Å². The average molecular weight is 156 g/mol. The molecule has 58 valence electrons. The molecule has 0 aromatic heterocycles. The predicted molar refractivity (Wildman–Crippen MR) is 32.5 cm³/mol. The first kappa shape index (κ1) is 9.39. The molecule has 11 heavy (non-hydrogen) atoms. The molecule has 0 aromatic carbocycles. The maximum Gasteiger partial charge on any atom is 0.388 e. The van der Waals surface area contributed by atoms with Crippen molar-refractivity contribution in [1.29, 1.82) is 0 Å². The highest BCUT2D eigenvalue weighted by Crippen LogP contribution is 1.84. The Bertz CT molecular complexity index is 200. The lowest BCUT2D eigenvalue weighted by atomic mass is 11.0. The molecule has 0 saturated carbocycles. The molecular weight excluding hydrogens is 152 g/mol. The maximum absolute atomic E-state index is 9.78. The molecule has 0 atom stereocenters. The van der Waals surface area contributed by atoms with Gasteiger partial charge in [0.2, 0.25) is 12.2 Å². The molecule has 0 spiro atoms. The number of amides is 2. The van der Waals surface area contributed by atoms with Crippen molar-refractivity contribution in [3.63, 3.8) is 0 Å². The zero-order valence-electron chi connectivity index (χ0n) is 5.44. The molecule has 1 saturated heterocycles. The fourth-order valence-electron chi connectivity index (χ4n) is 0.103. The van der Waals surface area contributed by atoms with Crippen molar-refractivity contribution in [3.8, 4) is 0 Å². The Morgan fingerprint density at radius 2 is 1.55 bits per heavy atom. The van der Waals surface area contributed by atoms with Crippen molar-refractivity contribution >= 4 is 18.2 Å². The molecule has 1 aliphatic rings. The Morgan fingerprint density at radius 3 is 1.73 bits per heavy atom. The molecule has 0 N–H and O–H groups in total. The number of carbonyl (C=O) groups excluding carboxylic acids is 3. The third kappa shape index (κ3) is 11.8. The van der Waals surface area contributed by atoms with Crippen LogP contribution in [0.3, 0.4) is 0 Å². The van der Waals surface area contributed by atoms with Crippen molar-refractivity contribution in [2.24, 2.45) is 9.98 Å². The molecule has 1 rings (SSSR count). The lowest BCUT2D eigenvalue weighted by Crippen LogP contribution is -1.78. The summed E-state index contributed by atoms with van der Waals surface area (Å²) in [5, 5.41) is 0. The van der Waals surface area contributed by atoms with Gasteiger partial charge >= 0.3 is 6.03 Å². The second-order valence-electron chi connectivity index (χ2n) is 1.30. The molecule has 1 fully saturated rings. The van der Waals surface area contributed by atoms with Gasteiger partial charge in [-0.2, -0.15) is 0 Å². The average Bonchev–Trinajstić information content (AvgIpc) is 2.72. The molecule has 6 nitrogen and oxygen atoms in total. The van der Waals surface area contributed by atoms with Crippen molar-refractivity contribution < 1.29 is 19.1 Å². The molecule has 0 aromatic rings. The lowest BCUT2D eigenvalue weighted by Gasteiger charge is -1.63. The van der Waals surface area contributed by atoms with E-state index in [2.05, 4.69) is 14.7 Å². The molecule has 1 aliphatic heterocycles. The Labute approximate surface area is 61.6 Å². The second kappa shape index (κ2) is 6.51. The van der Waals surface area contributed by atoms with Crippen molar-refractivity contribution in [2.75, 3.05) is 13.2 Å². The maximum atomic E-state index is 9.78. The topological polar surface area (TPSA) is 88.5 Å². The predicted octanol–water partition coefficient (Wildman–Crippen LogP) is -0.205. The number of hydrogen-bond donors (Lipinski definition) is 0. The van der Waals surface area contributed by atoms with E-state index < -0.39 is 6.03 Å². The molecule has 0 unspecified atom stereocenters. The minimum absolute atomic E-state index is 0.905. The van der Waals surface area contributed by atoms with Crippen LogP contribution in [0.4, 0.5) is 4.79 Å². The largest absolute Gasteiger partial charge is 0.388 e. The number of aliphatic imine (C=N–C) groups is 2. The van der Waals surface area contributed by atoms with Gasteiger partial charge in [-0.15, -0.1) is 9.98 Å². The van der Waals surface area contributed by atoms with Gasteiger partial charge in [0, 0.05) is 0 Å². The minimum atomic E-state index is -1.19. The van der Waals surface area contributed by atoms with Gasteiger partial charge in [0.25, 0.3) is 0 Å². The van der Waals surface area contributed by atoms with Gasteiger partial charge in [-0.1, -0.05) is 0 Å². The summed E-state index contributed by atoms with van der Waals surface area (Å²) in [5.41, 5.74) is 0. The van der Waals surface area contributed by atoms with E-state index in [9.17, 15) is 14.4 Å². The molecule has 2 amide bonds. The SMILES string of the molecule is C1CO1.O=C=NC(=O)N=C=O. The molecule has 6 heteroatoms. The molecular formula is C5H4N2O4. The second-order valence-corrected chi connectivity index (χ2v) is 1.30. The summed E-state index contributed by atoms with van der Waals surface area (Å²) >= 11 is 0. The third-order valence-corrected chi connectivity index (χ3v) is 0.487. The number of epoxide rings is 1. The number of isocyanates is 2. The summed E-state index contributed by atoms with van der Waals surface area (Å²) in [5.74, 6) is 0. The molecule has 0 bridgehead atoms. The van der Waals surface area contributed by atoms with Gasteiger partial charge in [0.1, 0.15) is 0 Å². The van der Waals surface area contributed by atoms with Crippen LogP contribution in [0.25, 0.3) is 0 Å². The number of rotatable bonds is 0. The van der Waals surface area contributed by atoms with Crippen LogP contribution in [0.2, 0.25) is 0 Å². The van der Waals surface area contributed by atoms with Crippen LogP contribution < -0.4 is 0 Å². The fourth-order valence-corrected chi connectivity index (χ4v) is 0.103. The summed E-state index contributed by atoms with van der Waals surface area (Å²) < 4.78 is 4.50. The van der Waals surface area contributed by atoms with Crippen molar-refractivity contribution in [1.82, 2.24) is 0 Å². The Balaban J connectivity index is 0.000000271. The van der Waals surface area contributed by atoms with E-state index in [1.807, 2.05) is 0 Å². The van der Waals surface area contributed by atoms with Gasteiger partial charge in [-0.3, -0.25) is 0 Å². The standard InChI is InChI=1S/C3N2O3.C2H4O/c6-1-4-3(8)5-2-7;1-2-3-1/h;1-2H2. The summed E-state index contributed by atoms with van der Waals surface area (Å²) in [4.78, 5) is 33.0. The van der Waals surface area contributed by atoms with Gasteiger partial charge in [-0.25, -0.2) is 14.4 Å². The highest BCUT2D eigenvalue weighted by Gasteiger charge is 1.94. The first-order chi connectivity index (χ1) is 5.31. The van der Waals surface area contributed by atoms with E-state index in [1.165, 1.54) is 0 Å². The Hall–Kier alpha value is -1.61. The zero-order valence-corrected chi connectivity index (χ0v) is 5.44. The van der Waals surface area contributed by atoms with Crippen LogP contribution in [-0.4, -0.2) is 31.4 Å². The van der Waals surface area contributed by atoms with Crippen LogP contribution in [0.15, 0.2) is 9.98 Å². The van der Waals surface area contributed by atoms with Crippen LogP contribution in [0, 0.1) is 0 Å². The quantitative estimate of drug-likeness (QED) is 0.276. The summed E-state index contributed by atoms with van der Waals surface area (Å²) in [6, 6.07) is -1.19. The van der Waals surface area contributed by atoms with Crippen LogP contribution in [0.5, 0.6) is 0 Å². The summed E-state index contributed by atoms with van der Waals surface area (Å²) in [6.45, 7) is 2.00. The third-order valence-electron chi connectivity index (χ3n) is 0.487. The number of urea groups is 1. The van der Waals surface area contributed by atoms with E-state index in [0.717, 1.165) is 25.4 Å². The van der Waals surface area contributed by atoms with E-state index in [-0.39, 0.29) is 0 Å². The molecule has 1 heterocycles. The highest BCUT2D eigenvalue weighted by molar-refractivity contribution is 5.84. The van der Waals surface area contributed by atoms with Crippen LogP contribution in [-0.2, 0) is 14.3 Å². The van der Waals surface area contributed by atoms with Gasteiger partial charge < -0.3 is 4.74 Å². The minimum Gasteiger partial charge on any atom is -0.377 e. The highest BCUT2D eigenvalue weighted by atomic mass is 16.6. The Morgan fingerprint density at radius 1 is 1.18 bits per heavy atom. The number of hydrogen-bond acceptors (Lipinski definition) is 4. The number of carbonyl (C=O) groups is 1. The van der Waals surface area contributed by atoms with E-state index >= 15 is 0 Å². The normalized spacial score (nSPS) is 10.9. The summed E-state index contributed by atoms with van der Waals surface area (Å²) in [6.07, 6.45) is 1.81. The Kier molecular flexibility index (Phi) is 5.56. The van der Waals surface area contributed by atoms with E-state index in [0.29, 0.717) is 0 Å². The fraction of sp³-hybridized carbons (Fsp3) is 0.400. The smallest absolute Gasteiger partial charge is 0.377 e. The summed E-state index contributed by atoms with van der Waals surface area (Å²) in [7, 11) is 0. The zero-order chi connectivity index (χ0) is 8.53. The van der Waals surface area contributed by atoms with E-state index in [1.54, 1.807) is 0 Å². The number of ether oxygens (including phenoxy) is 1. The molecule has 0 aliphatic carbocycles. The first-order valence-electron chi connectivity index (χ1n) is 2.58. The lowest BCUT2D eigenvalue weighted by molar-refractivity contribution is 0.257. The van der Waals surface area contributed by atoms with Crippen molar-refractivity contribution in [3.05, 3.63) is 0 Å². The van der Waals surface area contributed by atoms with Gasteiger partial charge in [0.15, 0.2) is 0 Å². The molecule has 0 radical (unpaired) electrons. The van der Waals surface area contributed by atoms with Crippen LogP contribution in [0.1, 0.15) is 0 Å². The number of nitrogens with zero attached hydrogens (tertiary/aromatic N) is 2. The van der Waals surface area contributed by atoms with Gasteiger partial charge in [0.05, 0.1) is 13.2 Å². The van der Waals surface area contributed by atoms with Gasteiger partial charge in [-0.05, 0) is 0 Å². The van der Waals surface area contributed by atoms with E-state index in [4.69, 9.17) is 0 Å².